The summed E-state index contributed by atoms with van der Waals surface area (Å²) in [5, 5.41) is 11.8. The minimum absolute atomic E-state index is 0.0803. The van der Waals surface area contributed by atoms with Crippen LogP contribution in [0.5, 0.6) is 17.2 Å². The van der Waals surface area contributed by atoms with Crippen molar-refractivity contribution < 1.29 is 38.1 Å². The van der Waals surface area contributed by atoms with Crippen LogP contribution >= 0.6 is 23.5 Å². The smallest absolute Gasteiger partial charge is 0.286 e. The maximum Gasteiger partial charge on any atom is 0.286 e. The molecule has 4 aromatic carbocycles. The van der Waals surface area contributed by atoms with E-state index in [2.05, 4.69) is 5.32 Å². The Morgan fingerprint density at radius 1 is 0.694 bits per heavy atom. The molecule has 2 aliphatic heterocycles. The van der Waals surface area contributed by atoms with E-state index >= 15 is 0 Å². The van der Waals surface area contributed by atoms with Gasteiger partial charge in [-0.1, -0.05) is 72.1 Å². The number of ether oxygens (including phenoxy) is 3. The lowest BCUT2D eigenvalue weighted by atomic mass is 10.1. The van der Waals surface area contributed by atoms with E-state index in [4.69, 9.17) is 14.2 Å². The molecule has 3 amide bonds. The predicted molar refractivity (Wildman–Crippen MR) is 186 cm³/mol. The summed E-state index contributed by atoms with van der Waals surface area (Å²) in [5.41, 5.74) is 2.74. The monoisotopic (exact) mass is 702 g/mol. The van der Waals surface area contributed by atoms with Crippen LogP contribution in [0.2, 0.25) is 0 Å². The second-order valence-electron chi connectivity index (χ2n) is 11.6. The van der Waals surface area contributed by atoms with Gasteiger partial charge in [-0.05, 0) is 83.6 Å². The van der Waals surface area contributed by atoms with Crippen molar-refractivity contribution in [1.82, 2.24) is 10.2 Å². The van der Waals surface area contributed by atoms with Gasteiger partial charge in [0.25, 0.3) is 5.24 Å². The van der Waals surface area contributed by atoms with Gasteiger partial charge in [0.1, 0.15) is 23.1 Å². The van der Waals surface area contributed by atoms with E-state index in [1.807, 2.05) is 72.8 Å². The summed E-state index contributed by atoms with van der Waals surface area (Å²) >= 11 is 2.20. The molecule has 0 aliphatic carbocycles. The molecule has 2 heterocycles. The number of halogens is 1. The van der Waals surface area contributed by atoms with Crippen molar-refractivity contribution in [3.63, 3.8) is 0 Å². The molecule has 6 rings (SSSR count). The number of hydrogen-bond acceptors (Lipinski definition) is 9. The Labute approximate surface area is 292 Å². The molecule has 0 spiro atoms. The zero-order valence-electron chi connectivity index (χ0n) is 26.5. The van der Waals surface area contributed by atoms with Crippen LogP contribution in [0, 0.1) is 5.82 Å². The van der Waals surface area contributed by atoms with Crippen molar-refractivity contribution in [3.8, 4) is 17.2 Å². The van der Waals surface area contributed by atoms with Crippen LogP contribution in [0.4, 0.5) is 9.18 Å². The number of hydrogen-bond donors (Lipinski definition) is 2. The maximum absolute atomic E-state index is 13.4. The lowest BCUT2D eigenvalue weighted by Crippen LogP contribution is -2.37. The van der Waals surface area contributed by atoms with E-state index in [1.165, 1.54) is 28.8 Å². The second-order valence-corrected chi connectivity index (χ2v) is 14.0. The minimum Gasteiger partial charge on any atom is -0.493 e. The number of thioether (sulfide) groups is 2. The van der Waals surface area contributed by atoms with Gasteiger partial charge in [0.2, 0.25) is 11.8 Å². The number of nitrogens with one attached hydrogen (secondary N) is 1. The average Bonchev–Trinajstić information content (AvgIpc) is 3.55. The molecule has 4 aromatic rings. The van der Waals surface area contributed by atoms with Crippen molar-refractivity contribution in [2.45, 2.75) is 41.7 Å². The maximum atomic E-state index is 13.4. The average molecular weight is 703 g/mol. The molecule has 0 bridgehead atoms. The van der Waals surface area contributed by atoms with Crippen LogP contribution in [0.15, 0.2) is 97.1 Å². The number of imide groups is 1. The first kappa shape index (κ1) is 34.3. The van der Waals surface area contributed by atoms with E-state index < -0.39 is 16.1 Å². The lowest BCUT2D eigenvalue weighted by molar-refractivity contribution is -0.137. The number of amides is 3. The Kier molecular flexibility index (Phi) is 11.4. The molecule has 254 valence electrons. The quantitative estimate of drug-likeness (QED) is 0.160. The topological polar surface area (TPSA) is 114 Å². The summed E-state index contributed by atoms with van der Waals surface area (Å²) in [6, 6.07) is 29.0. The Balaban J connectivity index is 0.920. The number of rotatable bonds is 15. The SMILES string of the molecule is O=C1NC(=O)C(Cc2ccc(OCCc3cccc(OCN4C(=O)C(Cc5ccc(OCCc6cccc(F)c6)cc5)SC4O)c3)cc2)S1. The third-order valence-electron chi connectivity index (χ3n) is 8.04. The molecule has 2 N–H and O–H groups in total. The summed E-state index contributed by atoms with van der Waals surface area (Å²) in [6.07, 6.45) is 2.14. The van der Waals surface area contributed by atoms with Gasteiger partial charge in [-0.3, -0.25) is 24.6 Å². The molecular formula is C37H35FN2O7S2. The van der Waals surface area contributed by atoms with Crippen LogP contribution < -0.4 is 19.5 Å². The normalized spacial score (nSPS) is 18.9. The lowest BCUT2D eigenvalue weighted by Gasteiger charge is -2.20. The van der Waals surface area contributed by atoms with Gasteiger partial charge in [0, 0.05) is 12.8 Å². The highest BCUT2D eigenvalue weighted by Crippen LogP contribution is 2.33. The molecule has 2 saturated heterocycles. The summed E-state index contributed by atoms with van der Waals surface area (Å²) < 4.78 is 31.0. The van der Waals surface area contributed by atoms with Crippen LogP contribution in [0.25, 0.3) is 0 Å². The molecule has 2 fully saturated rings. The van der Waals surface area contributed by atoms with Gasteiger partial charge >= 0.3 is 0 Å². The Hall–Kier alpha value is -4.52. The van der Waals surface area contributed by atoms with Crippen molar-refractivity contribution in [3.05, 3.63) is 125 Å². The van der Waals surface area contributed by atoms with Gasteiger partial charge in [0.05, 0.1) is 23.7 Å². The van der Waals surface area contributed by atoms with E-state index in [9.17, 15) is 23.9 Å². The molecule has 0 aromatic heterocycles. The highest BCUT2D eigenvalue weighted by Gasteiger charge is 2.39. The van der Waals surface area contributed by atoms with E-state index in [-0.39, 0.29) is 29.6 Å². The number of carbonyl (C=O) groups is 3. The zero-order valence-corrected chi connectivity index (χ0v) is 28.1. The first-order chi connectivity index (χ1) is 23.8. The molecule has 0 saturated carbocycles. The molecular weight excluding hydrogens is 668 g/mol. The first-order valence-corrected chi connectivity index (χ1v) is 17.7. The molecule has 12 heteroatoms. The van der Waals surface area contributed by atoms with Gasteiger partial charge in [-0.15, -0.1) is 0 Å². The summed E-state index contributed by atoms with van der Waals surface area (Å²) in [4.78, 5) is 37.7. The number of aliphatic hydroxyl groups excluding tert-OH is 1. The van der Waals surface area contributed by atoms with Gasteiger partial charge in [-0.25, -0.2) is 4.39 Å². The van der Waals surface area contributed by atoms with Crippen molar-refractivity contribution >= 4 is 40.6 Å². The number of benzene rings is 4. The van der Waals surface area contributed by atoms with Crippen LogP contribution in [0.3, 0.4) is 0 Å². The van der Waals surface area contributed by atoms with Gasteiger partial charge < -0.3 is 19.3 Å². The summed E-state index contributed by atoms with van der Waals surface area (Å²) in [6.45, 7) is 0.771. The van der Waals surface area contributed by atoms with E-state index in [1.54, 1.807) is 12.1 Å². The predicted octanol–water partition coefficient (Wildman–Crippen LogP) is 5.76. The molecule has 2 aliphatic rings. The molecule has 3 atom stereocenters. The van der Waals surface area contributed by atoms with Crippen molar-refractivity contribution in [2.75, 3.05) is 19.9 Å². The Bertz CT molecular complexity index is 1770. The molecule has 3 unspecified atom stereocenters. The zero-order chi connectivity index (χ0) is 34.2. The number of carbonyl (C=O) groups excluding carboxylic acids is 3. The summed E-state index contributed by atoms with van der Waals surface area (Å²) in [7, 11) is 0. The Morgan fingerprint density at radius 3 is 1.88 bits per heavy atom. The first-order valence-electron chi connectivity index (χ1n) is 15.8. The highest BCUT2D eigenvalue weighted by molar-refractivity contribution is 8.15. The van der Waals surface area contributed by atoms with E-state index in [0.29, 0.717) is 56.1 Å². The van der Waals surface area contributed by atoms with Gasteiger partial charge in [0.15, 0.2) is 12.3 Å². The van der Waals surface area contributed by atoms with E-state index in [0.717, 1.165) is 34.0 Å². The van der Waals surface area contributed by atoms with Crippen molar-refractivity contribution in [1.29, 1.82) is 0 Å². The van der Waals surface area contributed by atoms with Crippen LogP contribution in [-0.2, 0) is 35.3 Å². The van der Waals surface area contributed by atoms with Crippen LogP contribution in [-0.4, -0.2) is 63.1 Å². The fraction of sp³-hybridized carbons (Fsp3) is 0.270. The fourth-order valence-electron chi connectivity index (χ4n) is 5.44. The molecule has 0 radical (unpaired) electrons. The number of aliphatic hydroxyl groups is 1. The standard InChI is InChI=1S/C37H35FN2O7S2/c38-28-5-1-3-24(19-28)15-17-45-30-13-9-27(10-14-30)22-33-35(42)40(37(44)49-33)23-47-31-6-2-4-25(20-31)16-18-46-29-11-7-26(8-12-29)21-32-34(41)39-36(43)48-32/h1-14,19-20,32-33,37,44H,15-18,21-23H2,(H,39,41,43). The Morgan fingerprint density at radius 2 is 1.29 bits per heavy atom. The largest absolute Gasteiger partial charge is 0.493 e. The molecule has 49 heavy (non-hydrogen) atoms. The minimum atomic E-state index is -1.01. The fourth-order valence-corrected chi connectivity index (χ4v) is 7.44. The molecule has 9 nitrogen and oxygen atoms in total. The summed E-state index contributed by atoms with van der Waals surface area (Å²) in [5.74, 6) is 1.26. The van der Waals surface area contributed by atoms with Gasteiger partial charge in [-0.2, -0.15) is 0 Å². The third kappa shape index (κ3) is 9.56. The van der Waals surface area contributed by atoms with Crippen LogP contribution in [0.1, 0.15) is 22.3 Å². The highest BCUT2D eigenvalue weighted by atomic mass is 32.2. The number of nitrogens with zero attached hydrogens (tertiary/aromatic N) is 1. The third-order valence-corrected chi connectivity index (χ3v) is 10.2. The second kappa shape index (κ2) is 16.3. The van der Waals surface area contributed by atoms with Crippen molar-refractivity contribution in [2.24, 2.45) is 0 Å².